The van der Waals surface area contributed by atoms with Crippen LogP contribution in [-0.2, 0) is 4.79 Å². The molecule has 5 nitrogen and oxygen atoms in total. The van der Waals surface area contributed by atoms with Gasteiger partial charge in [0.2, 0.25) is 0 Å². The highest BCUT2D eigenvalue weighted by Crippen LogP contribution is 2.27. The number of para-hydroxylation sites is 1. The van der Waals surface area contributed by atoms with Crippen LogP contribution in [0.25, 0.3) is 11.0 Å². The fourth-order valence-corrected chi connectivity index (χ4v) is 3.37. The monoisotopic (exact) mass is 347 g/mol. The van der Waals surface area contributed by atoms with Crippen molar-refractivity contribution >= 4 is 16.9 Å². The van der Waals surface area contributed by atoms with Gasteiger partial charge in [-0.25, -0.2) is 9.97 Å². The number of fused-ring (bicyclic) bond motifs is 1. The van der Waals surface area contributed by atoms with E-state index < -0.39 is 0 Å². The van der Waals surface area contributed by atoms with E-state index in [-0.39, 0.29) is 12.5 Å². The van der Waals surface area contributed by atoms with Crippen molar-refractivity contribution in [1.29, 1.82) is 0 Å². The van der Waals surface area contributed by atoms with Crippen molar-refractivity contribution in [2.75, 3.05) is 19.7 Å². The lowest BCUT2D eigenvalue weighted by atomic mass is 9.93. The number of ether oxygens (including phenoxy) is 1. The van der Waals surface area contributed by atoms with Crippen LogP contribution in [0.5, 0.6) is 5.75 Å². The van der Waals surface area contributed by atoms with E-state index in [1.165, 1.54) is 0 Å². The van der Waals surface area contributed by atoms with Crippen LogP contribution >= 0.6 is 0 Å². The molecule has 1 aliphatic rings. The molecule has 1 aromatic carbocycles. The molecule has 0 bridgehead atoms. The number of rotatable bonds is 4. The number of carbonyl (C=O) groups is 1. The number of likely N-dealkylation sites (tertiary alicyclic amines) is 1. The van der Waals surface area contributed by atoms with Crippen LogP contribution in [0.4, 0.5) is 0 Å². The number of hydrogen-bond donors (Lipinski definition) is 0. The van der Waals surface area contributed by atoms with E-state index in [4.69, 9.17) is 9.72 Å². The smallest absolute Gasteiger partial charge is 0.260 e. The quantitative estimate of drug-likeness (QED) is 0.726. The average molecular weight is 347 g/mol. The van der Waals surface area contributed by atoms with Gasteiger partial charge in [-0.15, -0.1) is 0 Å². The Morgan fingerprint density at radius 3 is 2.65 bits per heavy atom. The molecule has 2 aromatic heterocycles. The second-order valence-corrected chi connectivity index (χ2v) is 6.54. The first-order valence-electron chi connectivity index (χ1n) is 8.97. The lowest BCUT2D eigenvalue weighted by Crippen LogP contribution is -2.40. The highest BCUT2D eigenvalue weighted by atomic mass is 16.5. The molecule has 0 aliphatic carbocycles. The predicted octanol–water partition coefficient (Wildman–Crippen LogP) is 3.41. The number of carbonyl (C=O) groups excluding carboxylic acids is 1. The lowest BCUT2D eigenvalue weighted by molar-refractivity contribution is -0.134. The Kier molecular flexibility index (Phi) is 4.78. The lowest BCUT2D eigenvalue weighted by Gasteiger charge is -2.31. The van der Waals surface area contributed by atoms with Gasteiger partial charge in [0.05, 0.1) is 0 Å². The number of nitrogens with zero attached hydrogens (tertiary/aromatic N) is 3. The second-order valence-electron chi connectivity index (χ2n) is 6.54. The van der Waals surface area contributed by atoms with Crippen molar-refractivity contribution in [2.45, 2.75) is 18.8 Å². The van der Waals surface area contributed by atoms with Crippen molar-refractivity contribution in [3.8, 4) is 5.75 Å². The molecular weight excluding hydrogens is 326 g/mol. The Balaban J connectivity index is 1.33. The summed E-state index contributed by atoms with van der Waals surface area (Å²) in [6, 6.07) is 17.6. The molecule has 0 spiro atoms. The first kappa shape index (κ1) is 16.5. The van der Waals surface area contributed by atoms with Crippen LogP contribution in [0.1, 0.15) is 24.5 Å². The Labute approximate surface area is 152 Å². The maximum absolute atomic E-state index is 12.4. The molecule has 26 heavy (non-hydrogen) atoms. The summed E-state index contributed by atoms with van der Waals surface area (Å²) in [5, 5.41) is 1.06. The van der Waals surface area contributed by atoms with E-state index >= 15 is 0 Å². The van der Waals surface area contributed by atoms with Crippen molar-refractivity contribution in [3.05, 3.63) is 66.5 Å². The van der Waals surface area contributed by atoms with Gasteiger partial charge in [-0.05, 0) is 49.2 Å². The van der Waals surface area contributed by atoms with E-state index in [2.05, 4.69) is 17.1 Å². The number of amides is 1. The number of hydrogen-bond acceptors (Lipinski definition) is 4. The van der Waals surface area contributed by atoms with Crippen LogP contribution in [0, 0.1) is 0 Å². The van der Waals surface area contributed by atoms with Gasteiger partial charge in [0, 0.05) is 36.3 Å². The molecule has 0 saturated carbocycles. The normalized spacial score (nSPS) is 15.2. The average Bonchev–Trinajstić information content (AvgIpc) is 2.72. The fourth-order valence-electron chi connectivity index (χ4n) is 3.37. The van der Waals surface area contributed by atoms with E-state index in [9.17, 15) is 4.79 Å². The maximum Gasteiger partial charge on any atom is 0.260 e. The van der Waals surface area contributed by atoms with E-state index in [1.807, 2.05) is 47.4 Å². The van der Waals surface area contributed by atoms with Crippen molar-refractivity contribution in [3.63, 3.8) is 0 Å². The van der Waals surface area contributed by atoms with Crippen molar-refractivity contribution < 1.29 is 9.53 Å². The molecule has 132 valence electrons. The Morgan fingerprint density at radius 2 is 1.85 bits per heavy atom. The van der Waals surface area contributed by atoms with Gasteiger partial charge >= 0.3 is 0 Å². The molecule has 1 amide bonds. The third kappa shape index (κ3) is 3.67. The van der Waals surface area contributed by atoms with E-state index in [0.717, 1.165) is 48.4 Å². The predicted molar refractivity (Wildman–Crippen MR) is 100 cm³/mol. The number of piperidine rings is 1. The third-order valence-electron chi connectivity index (χ3n) is 4.86. The molecule has 1 fully saturated rings. The molecule has 3 heterocycles. The van der Waals surface area contributed by atoms with Gasteiger partial charge in [-0.2, -0.15) is 0 Å². The van der Waals surface area contributed by atoms with Gasteiger partial charge in [0.15, 0.2) is 12.3 Å². The summed E-state index contributed by atoms with van der Waals surface area (Å²) >= 11 is 0. The van der Waals surface area contributed by atoms with Crippen LogP contribution in [0.15, 0.2) is 60.8 Å². The zero-order chi connectivity index (χ0) is 17.8. The molecule has 0 radical (unpaired) electrons. The van der Waals surface area contributed by atoms with Crippen LogP contribution in [-0.4, -0.2) is 40.5 Å². The Bertz CT molecular complexity index is 890. The molecule has 0 N–H and O–H groups in total. The largest absolute Gasteiger partial charge is 0.484 e. The van der Waals surface area contributed by atoms with Crippen molar-refractivity contribution in [1.82, 2.24) is 14.9 Å². The fraction of sp³-hybridized carbons (Fsp3) is 0.286. The summed E-state index contributed by atoms with van der Waals surface area (Å²) < 4.78 is 5.57. The minimum absolute atomic E-state index is 0.0421. The summed E-state index contributed by atoms with van der Waals surface area (Å²) in [6.45, 7) is 1.57. The molecule has 5 heteroatoms. The van der Waals surface area contributed by atoms with Crippen LogP contribution in [0.3, 0.4) is 0 Å². The highest BCUT2D eigenvalue weighted by Gasteiger charge is 2.25. The topological polar surface area (TPSA) is 55.3 Å². The van der Waals surface area contributed by atoms with Gasteiger partial charge in [0.25, 0.3) is 5.91 Å². The highest BCUT2D eigenvalue weighted by molar-refractivity contribution is 5.78. The minimum Gasteiger partial charge on any atom is -0.484 e. The first-order valence-corrected chi connectivity index (χ1v) is 8.97. The minimum atomic E-state index is 0.0421. The summed E-state index contributed by atoms with van der Waals surface area (Å²) in [7, 11) is 0. The van der Waals surface area contributed by atoms with E-state index in [0.29, 0.717) is 5.92 Å². The third-order valence-corrected chi connectivity index (χ3v) is 4.86. The van der Waals surface area contributed by atoms with Crippen LogP contribution < -0.4 is 4.74 Å². The van der Waals surface area contributed by atoms with Crippen molar-refractivity contribution in [2.24, 2.45) is 0 Å². The number of pyridine rings is 2. The molecule has 0 unspecified atom stereocenters. The zero-order valence-electron chi connectivity index (χ0n) is 14.5. The Morgan fingerprint density at radius 1 is 1.04 bits per heavy atom. The second kappa shape index (κ2) is 7.52. The summed E-state index contributed by atoms with van der Waals surface area (Å²) in [5.74, 6) is 1.14. The van der Waals surface area contributed by atoms with E-state index in [1.54, 1.807) is 6.20 Å². The molecule has 4 rings (SSSR count). The molecule has 1 aliphatic heterocycles. The molecule has 3 aromatic rings. The SMILES string of the molecule is O=C(COc1ccccc1)N1CCC(c2ccc3cccnc3n2)CC1. The molecular formula is C21H21N3O2. The summed E-state index contributed by atoms with van der Waals surface area (Å²) in [6.07, 6.45) is 3.61. The number of benzene rings is 1. The van der Waals surface area contributed by atoms with Gasteiger partial charge in [-0.3, -0.25) is 4.79 Å². The first-order chi connectivity index (χ1) is 12.8. The molecule has 0 atom stereocenters. The summed E-state index contributed by atoms with van der Waals surface area (Å²) in [4.78, 5) is 23.3. The van der Waals surface area contributed by atoms with Crippen LogP contribution in [0.2, 0.25) is 0 Å². The zero-order valence-corrected chi connectivity index (χ0v) is 14.5. The molecule has 1 saturated heterocycles. The Hall–Kier alpha value is -2.95. The van der Waals surface area contributed by atoms with Gasteiger partial charge in [-0.1, -0.05) is 18.2 Å². The summed E-state index contributed by atoms with van der Waals surface area (Å²) in [5.41, 5.74) is 1.86. The maximum atomic E-state index is 12.4. The van der Waals surface area contributed by atoms with Gasteiger partial charge < -0.3 is 9.64 Å². The number of aromatic nitrogens is 2. The standard InChI is InChI=1S/C21H21N3O2/c25-20(15-26-18-6-2-1-3-7-18)24-13-10-16(11-14-24)19-9-8-17-5-4-12-22-21(17)23-19/h1-9,12,16H,10-11,13-15H2. The van der Waals surface area contributed by atoms with Gasteiger partial charge in [0.1, 0.15) is 5.75 Å².